The van der Waals surface area contributed by atoms with Crippen molar-refractivity contribution < 1.29 is 9.53 Å². The molecule has 0 unspecified atom stereocenters. The molecule has 0 saturated carbocycles. The van der Waals surface area contributed by atoms with E-state index in [4.69, 9.17) is 14.8 Å². The summed E-state index contributed by atoms with van der Waals surface area (Å²) in [5.74, 6) is 0.128. The van der Waals surface area contributed by atoms with Crippen LogP contribution in [0.4, 0.5) is 5.69 Å². The van der Waals surface area contributed by atoms with Crippen LogP contribution in [-0.4, -0.2) is 27.3 Å². The van der Waals surface area contributed by atoms with E-state index < -0.39 is 0 Å². The number of anilines is 1. The third-order valence-corrected chi connectivity index (χ3v) is 5.97. The molecule has 0 atom stereocenters. The van der Waals surface area contributed by atoms with Crippen LogP contribution in [0.5, 0.6) is 5.88 Å². The van der Waals surface area contributed by atoms with E-state index in [1.807, 2.05) is 110 Å². The molecule has 1 amide bonds. The lowest BCUT2D eigenvalue weighted by atomic mass is 10.0. The SMILES string of the molecule is Cc1cccc(C)c1NC(=O)COc1cc(-c2ccccc2)c2c(C)nn(-c3ccccc3)c2n1. The summed E-state index contributed by atoms with van der Waals surface area (Å²) < 4.78 is 7.75. The lowest BCUT2D eigenvalue weighted by Crippen LogP contribution is -2.21. The Bertz CT molecular complexity index is 1490. The van der Waals surface area contributed by atoms with Crippen LogP contribution in [0.1, 0.15) is 16.8 Å². The zero-order chi connectivity index (χ0) is 24.4. The molecule has 0 bridgehead atoms. The number of aromatic nitrogens is 3. The monoisotopic (exact) mass is 462 g/mol. The van der Waals surface area contributed by atoms with Gasteiger partial charge < -0.3 is 10.1 Å². The maximum atomic E-state index is 12.7. The highest BCUT2D eigenvalue weighted by molar-refractivity contribution is 5.96. The first-order chi connectivity index (χ1) is 17.0. The summed E-state index contributed by atoms with van der Waals surface area (Å²) in [6.07, 6.45) is 0. The maximum Gasteiger partial charge on any atom is 0.262 e. The van der Waals surface area contributed by atoms with Gasteiger partial charge in [0.1, 0.15) is 0 Å². The number of nitrogens with zero attached hydrogens (tertiary/aromatic N) is 3. The quantitative estimate of drug-likeness (QED) is 0.334. The van der Waals surface area contributed by atoms with E-state index in [9.17, 15) is 4.79 Å². The van der Waals surface area contributed by atoms with Gasteiger partial charge in [-0.2, -0.15) is 10.1 Å². The number of hydrogen-bond acceptors (Lipinski definition) is 4. The molecule has 2 aromatic heterocycles. The van der Waals surface area contributed by atoms with Crippen LogP contribution in [0.2, 0.25) is 0 Å². The van der Waals surface area contributed by atoms with Crippen molar-refractivity contribution in [2.75, 3.05) is 11.9 Å². The molecule has 0 saturated heterocycles. The van der Waals surface area contributed by atoms with Gasteiger partial charge in [-0.1, -0.05) is 66.7 Å². The number of carbonyl (C=O) groups is 1. The fraction of sp³-hybridized carbons (Fsp3) is 0.138. The molecule has 0 aliphatic rings. The summed E-state index contributed by atoms with van der Waals surface area (Å²) in [6, 6.07) is 27.7. The van der Waals surface area contributed by atoms with Crippen molar-refractivity contribution in [3.8, 4) is 22.7 Å². The summed E-state index contributed by atoms with van der Waals surface area (Å²) in [5, 5.41) is 8.69. The number of benzene rings is 3. The van der Waals surface area contributed by atoms with E-state index in [1.165, 1.54) is 0 Å². The number of para-hydroxylation sites is 2. The van der Waals surface area contributed by atoms with Crippen molar-refractivity contribution >= 4 is 22.6 Å². The normalized spacial score (nSPS) is 10.9. The molecule has 6 heteroatoms. The minimum absolute atomic E-state index is 0.154. The van der Waals surface area contributed by atoms with Gasteiger partial charge in [0.15, 0.2) is 12.3 Å². The Balaban J connectivity index is 1.52. The highest BCUT2D eigenvalue weighted by atomic mass is 16.5. The minimum Gasteiger partial charge on any atom is -0.467 e. The molecule has 6 nitrogen and oxygen atoms in total. The third kappa shape index (κ3) is 4.51. The second-order valence-electron chi connectivity index (χ2n) is 8.51. The molecule has 35 heavy (non-hydrogen) atoms. The topological polar surface area (TPSA) is 69.0 Å². The van der Waals surface area contributed by atoms with Gasteiger partial charge in [0.05, 0.1) is 16.8 Å². The number of nitrogens with one attached hydrogen (secondary N) is 1. The van der Waals surface area contributed by atoms with Crippen molar-refractivity contribution in [3.05, 3.63) is 102 Å². The van der Waals surface area contributed by atoms with Gasteiger partial charge in [0.2, 0.25) is 5.88 Å². The number of pyridine rings is 1. The van der Waals surface area contributed by atoms with Gasteiger partial charge in [-0.05, 0) is 55.2 Å². The zero-order valence-electron chi connectivity index (χ0n) is 19.9. The zero-order valence-corrected chi connectivity index (χ0v) is 19.9. The van der Waals surface area contributed by atoms with Gasteiger partial charge in [-0.3, -0.25) is 4.79 Å². The number of hydrogen-bond donors (Lipinski definition) is 1. The van der Waals surface area contributed by atoms with E-state index >= 15 is 0 Å². The second kappa shape index (κ2) is 9.43. The second-order valence-corrected chi connectivity index (χ2v) is 8.51. The van der Waals surface area contributed by atoms with Gasteiger partial charge in [0.25, 0.3) is 5.91 Å². The van der Waals surface area contributed by atoms with E-state index in [-0.39, 0.29) is 12.5 Å². The Labute approximate surface area is 204 Å². The number of rotatable bonds is 6. The smallest absolute Gasteiger partial charge is 0.262 e. The minimum atomic E-state index is -0.238. The first-order valence-corrected chi connectivity index (χ1v) is 11.5. The number of ether oxygens (including phenoxy) is 1. The van der Waals surface area contributed by atoms with Crippen molar-refractivity contribution in [1.82, 2.24) is 14.8 Å². The number of aryl methyl sites for hydroxylation is 3. The standard InChI is InChI=1S/C29H26N4O2/c1-19-11-10-12-20(2)28(19)30-25(34)18-35-26-17-24(22-13-6-4-7-14-22)27-21(3)32-33(29(27)31-26)23-15-8-5-9-16-23/h4-17H,18H2,1-3H3,(H,30,34). The molecule has 174 valence electrons. The molecule has 5 rings (SSSR count). The molecule has 3 aromatic carbocycles. The van der Waals surface area contributed by atoms with Crippen LogP contribution < -0.4 is 10.1 Å². The summed E-state index contributed by atoms with van der Waals surface area (Å²) in [6.45, 7) is 5.77. The van der Waals surface area contributed by atoms with E-state index in [0.717, 1.165) is 44.7 Å². The highest BCUT2D eigenvalue weighted by Gasteiger charge is 2.18. The van der Waals surface area contributed by atoms with Crippen molar-refractivity contribution in [2.24, 2.45) is 0 Å². The molecule has 0 aliphatic heterocycles. The summed E-state index contributed by atoms with van der Waals surface area (Å²) in [5.41, 5.74) is 7.27. The lowest BCUT2D eigenvalue weighted by molar-refractivity contribution is -0.118. The van der Waals surface area contributed by atoms with Gasteiger partial charge in [-0.25, -0.2) is 4.68 Å². The Morgan fingerprint density at radius 1 is 0.886 bits per heavy atom. The molecule has 0 fully saturated rings. The van der Waals surface area contributed by atoms with Crippen LogP contribution in [0.3, 0.4) is 0 Å². The first kappa shape index (κ1) is 22.3. The Hall–Kier alpha value is -4.45. The largest absolute Gasteiger partial charge is 0.467 e. The molecule has 1 N–H and O–H groups in total. The van der Waals surface area contributed by atoms with Crippen LogP contribution in [-0.2, 0) is 4.79 Å². The van der Waals surface area contributed by atoms with Crippen LogP contribution in [0.15, 0.2) is 84.9 Å². The van der Waals surface area contributed by atoms with Gasteiger partial charge in [0, 0.05) is 11.8 Å². The maximum absolute atomic E-state index is 12.7. The number of carbonyl (C=O) groups excluding carboxylic acids is 1. The van der Waals surface area contributed by atoms with Crippen LogP contribution in [0.25, 0.3) is 27.8 Å². The van der Waals surface area contributed by atoms with E-state index in [0.29, 0.717) is 11.5 Å². The molecule has 0 aliphatic carbocycles. The Kier molecular flexibility index (Phi) is 6.02. The molecular weight excluding hydrogens is 436 g/mol. The lowest BCUT2D eigenvalue weighted by Gasteiger charge is -2.13. The first-order valence-electron chi connectivity index (χ1n) is 11.5. The number of fused-ring (bicyclic) bond motifs is 1. The fourth-order valence-electron chi connectivity index (χ4n) is 4.26. The molecular formula is C29H26N4O2. The van der Waals surface area contributed by atoms with Crippen LogP contribution in [0, 0.1) is 20.8 Å². The fourth-order valence-corrected chi connectivity index (χ4v) is 4.26. The molecule has 0 spiro atoms. The molecule has 0 radical (unpaired) electrons. The van der Waals surface area contributed by atoms with Crippen LogP contribution >= 0.6 is 0 Å². The Morgan fingerprint density at radius 3 is 2.23 bits per heavy atom. The summed E-state index contributed by atoms with van der Waals surface area (Å²) in [4.78, 5) is 17.5. The van der Waals surface area contributed by atoms with Crippen molar-refractivity contribution in [2.45, 2.75) is 20.8 Å². The third-order valence-electron chi connectivity index (χ3n) is 5.97. The average molecular weight is 463 g/mol. The molecule has 5 aromatic rings. The summed E-state index contributed by atoms with van der Waals surface area (Å²) >= 11 is 0. The predicted molar refractivity (Wildman–Crippen MR) is 139 cm³/mol. The van der Waals surface area contributed by atoms with Crippen molar-refractivity contribution in [3.63, 3.8) is 0 Å². The van der Waals surface area contributed by atoms with E-state index in [2.05, 4.69) is 5.32 Å². The average Bonchev–Trinajstić information content (AvgIpc) is 3.22. The van der Waals surface area contributed by atoms with Gasteiger partial charge in [-0.15, -0.1) is 0 Å². The van der Waals surface area contributed by atoms with Gasteiger partial charge >= 0.3 is 0 Å². The Morgan fingerprint density at radius 2 is 1.54 bits per heavy atom. The van der Waals surface area contributed by atoms with Crippen molar-refractivity contribution in [1.29, 1.82) is 0 Å². The molecule has 2 heterocycles. The summed E-state index contributed by atoms with van der Waals surface area (Å²) in [7, 11) is 0. The van der Waals surface area contributed by atoms with E-state index in [1.54, 1.807) is 0 Å². The highest BCUT2D eigenvalue weighted by Crippen LogP contribution is 2.34. The number of amides is 1. The predicted octanol–water partition coefficient (Wildman–Crippen LogP) is 6.03.